The molecule has 1 aliphatic rings. The first kappa shape index (κ1) is 17.7. The number of rotatable bonds is 6. The first-order chi connectivity index (χ1) is 13.2. The van der Waals surface area contributed by atoms with Crippen molar-refractivity contribution in [2.24, 2.45) is 0 Å². The normalized spacial score (nSPS) is 15.6. The second-order valence-electron chi connectivity index (χ2n) is 6.68. The minimum Gasteiger partial charge on any atom is -0.497 e. The molecule has 0 radical (unpaired) electrons. The Labute approximate surface area is 161 Å². The topological polar surface area (TPSA) is 77.2 Å². The molecule has 27 heavy (non-hydrogen) atoms. The molecule has 3 aromatic rings. The Hall–Kier alpha value is -2.67. The highest BCUT2D eigenvalue weighted by molar-refractivity contribution is 7.13. The molecule has 1 aromatic carbocycles. The highest BCUT2D eigenvalue weighted by Crippen LogP contribution is 2.41. The summed E-state index contributed by atoms with van der Waals surface area (Å²) in [6.07, 6.45) is 3.77. The lowest BCUT2D eigenvalue weighted by Crippen LogP contribution is -2.42. The van der Waals surface area contributed by atoms with Crippen LogP contribution in [0.25, 0.3) is 10.8 Å². The zero-order chi connectivity index (χ0) is 18.7. The van der Waals surface area contributed by atoms with Gasteiger partial charge in [-0.15, -0.1) is 21.5 Å². The molecule has 0 aliphatic heterocycles. The zero-order valence-electron chi connectivity index (χ0n) is 15.1. The molecule has 0 spiro atoms. The average molecular weight is 383 g/mol. The third kappa shape index (κ3) is 3.47. The highest BCUT2D eigenvalue weighted by atomic mass is 32.1. The SMILES string of the molecule is COc1ccc(C2(C(=O)NCc3nnc(-c4cccs4)o3)CCCC2)cc1. The molecule has 1 amide bonds. The number of hydrogen-bond donors (Lipinski definition) is 1. The predicted molar refractivity (Wildman–Crippen MR) is 103 cm³/mol. The Balaban J connectivity index is 1.48. The summed E-state index contributed by atoms with van der Waals surface area (Å²) in [7, 11) is 1.64. The molecule has 1 fully saturated rings. The number of hydrogen-bond acceptors (Lipinski definition) is 6. The van der Waals surface area contributed by atoms with E-state index >= 15 is 0 Å². The van der Waals surface area contributed by atoms with E-state index < -0.39 is 5.41 Å². The fourth-order valence-corrected chi connectivity index (χ4v) is 4.33. The second-order valence-corrected chi connectivity index (χ2v) is 7.63. The van der Waals surface area contributed by atoms with Crippen molar-refractivity contribution in [1.29, 1.82) is 0 Å². The second kappa shape index (κ2) is 7.52. The number of nitrogens with zero attached hydrogens (tertiary/aromatic N) is 2. The third-order valence-corrected chi connectivity index (χ3v) is 5.99. The lowest BCUT2D eigenvalue weighted by atomic mass is 9.78. The molecule has 140 valence electrons. The third-order valence-electron chi connectivity index (χ3n) is 5.13. The van der Waals surface area contributed by atoms with E-state index in [2.05, 4.69) is 15.5 Å². The molecule has 4 rings (SSSR count). The van der Waals surface area contributed by atoms with Crippen molar-refractivity contribution in [2.75, 3.05) is 7.11 Å². The largest absolute Gasteiger partial charge is 0.497 e. The van der Waals surface area contributed by atoms with Gasteiger partial charge in [0.2, 0.25) is 11.8 Å². The van der Waals surface area contributed by atoms with Crippen LogP contribution in [0.15, 0.2) is 46.2 Å². The maximum atomic E-state index is 13.1. The molecule has 2 heterocycles. The Bertz CT molecular complexity index is 897. The highest BCUT2D eigenvalue weighted by Gasteiger charge is 2.42. The van der Waals surface area contributed by atoms with Gasteiger partial charge in [-0.25, -0.2) is 0 Å². The van der Waals surface area contributed by atoms with E-state index in [0.717, 1.165) is 41.9 Å². The van der Waals surface area contributed by atoms with E-state index in [1.54, 1.807) is 7.11 Å². The van der Waals surface area contributed by atoms with Crippen LogP contribution < -0.4 is 10.1 Å². The van der Waals surface area contributed by atoms with E-state index in [0.29, 0.717) is 11.8 Å². The number of ether oxygens (including phenoxy) is 1. The van der Waals surface area contributed by atoms with Crippen LogP contribution >= 0.6 is 11.3 Å². The van der Waals surface area contributed by atoms with Crippen molar-refractivity contribution in [1.82, 2.24) is 15.5 Å². The van der Waals surface area contributed by atoms with E-state index in [-0.39, 0.29) is 12.5 Å². The minimum atomic E-state index is -0.497. The van der Waals surface area contributed by atoms with E-state index in [1.807, 2.05) is 41.8 Å². The molecule has 0 bridgehead atoms. The maximum Gasteiger partial charge on any atom is 0.257 e. The van der Waals surface area contributed by atoms with Crippen LogP contribution in [0.1, 0.15) is 37.1 Å². The summed E-state index contributed by atoms with van der Waals surface area (Å²) < 4.78 is 10.9. The molecule has 1 saturated carbocycles. The molecule has 0 atom stereocenters. The number of carbonyl (C=O) groups excluding carboxylic acids is 1. The Morgan fingerprint density at radius 3 is 2.67 bits per heavy atom. The van der Waals surface area contributed by atoms with Gasteiger partial charge in [0.05, 0.1) is 23.9 Å². The van der Waals surface area contributed by atoms with Gasteiger partial charge in [0.1, 0.15) is 5.75 Å². The summed E-state index contributed by atoms with van der Waals surface area (Å²) >= 11 is 1.54. The van der Waals surface area contributed by atoms with Gasteiger partial charge in [-0.3, -0.25) is 4.79 Å². The number of nitrogens with one attached hydrogen (secondary N) is 1. The molecule has 1 N–H and O–H groups in total. The summed E-state index contributed by atoms with van der Waals surface area (Å²) in [4.78, 5) is 14.0. The van der Waals surface area contributed by atoms with Crippen molar-refractivity contribution in [2.45, 2.75) is 37.6 Å². The Morgan fingerprint density at radius 2 is 2.00 bits per heavy atom. The fourth-order valence-electron chi connectivity index (χ4n) is 3.69. The van der Waals surface area contributed by atoms with Crippen LogP contribution in [0.5, 0.6) is 5.75 Å². The van der Waals surface area contributed by atoms with Gasteiger partial charge in [-0.05, 0) is 42.0 Å². The van der Waals surface area contributed by atoms with E-state index in [9.17, 15) is 4.79 Å². The van der Waals surface area contributed by atoms with Crippen LogP contribution in [0.2, 0.25) is 0 Å². The predicted octanol–water partition coefficient (Wildman–Crippen LogP) is 3.93. The van der Waals surface area contributed by atoms with Crippen LogP contribution in [-0.2, 0) is 16.8 Å². The number of thiophene rings is 1. The molecule has 0 unspecified atom stereocenters. The summed E-state index contributed by atoms with van der Waals surface area (Å²) in [5.74, 6) is 1.70. The zero-order valence-corrected chi connectivity index (χ0v) is 15.9. The lowest BCUT2D eigenvalue weighted by molar-refractivity contribution is -0.126. The van der Waals surface area contributed by atoms with Crippen molar-refractivity contribution in [3.63, 3.8) is 0 Å². The fraction of sp³-hybridized carbons (Fsp3) is 0.350. The van der Waals surface area contributed by atoms with Crippen molar-refractivity contribution >= 4 is 17.2 Å². The van der Waals surface area contributed by atoms with Gasteiger partial charge < -0.3 is 14.5 Å². The van der Waals surface area contributed by atoms with Gasteiger partial charge in [0, 0.05) is 0 Å². The molecule has 2 aromatic heterocycles. The van der Waals surface area contributed by atoms with E-state index in [4.69, 9.17) is 9.15 Å². The van der Waals surface area contributed by atoms with Gasteiger partial charge in [-0.2, -0.15) is 0 Å². The number of methoxy groups -OCH3 is 1. The van der Waals surface area contributed by atoms with Gasteiger partial charge in [-0.1, -0.05) is 31.0 Å². The lowest BCUT2D eigenvalue weighted by Gasteiger charge is -2.28. The molecule has 6 nitrogen and oxygen atoms in total. The molecule has 1 aliphatic carbocycles. The minimum absolute atomic E-state index is 0.0149. The summed E-state index contributed by atoms with van der Waals surface area (Å²) in [5, 5.41) is 13.1. The first-order valence-corrected chi connectivity index (χ1v) is 9.88. The number of amides is 1. The molecule has 7 heteroatoms. The number of carbonyl (C=O) groups is 1. The summed E-state index contributed by atoms with van der Waals surface area (Å²) in [6, 6.07) is 11.7. The monoisotopic (exact) mass is 383 g/mol. The molecular weight excluding hydrogens is 362 g/mol. The Morgan fingerprint density at radius 1 is 1.22 bits per heavy atom. The van der Waals surface area contributed by atoms with Crippen LogP contribution in [0.3, 0.4) is 0 Å². The standard InChI is InChI=1S/C20H21N3O3S/c1-25-15-8-6-14(7-9-15)20(10-2-3-11-20)19(24)21-13-17-22-23-18(26-17)16-5-4-12-27-16/h4-9,12H,2-3,10-11,13H2,1H3,(H,21,24). The molecule has 0 saturated heterocycles. The quantitative estimate of drug-likeness (QED) is 0.698. The van der Waals surface area contributed by atoms with Gasteiger partial charge in [0.15, 0.2) is 0 Å². The van der Waals surface area contributed by atoms with Crippen LogP contribution in [0.4, 0.5) is 0 Å². The summed E-state index contributed by atoms with van der Waals surface area (Å²) in [5.41, 5.74) is 0.534. The van der Waals surface area contributed by atoms with Crippen molar-refractivity contribution in [3.8, 4) is 16.5 Å². The van der Waals surface area contributed by atoms with Crippen LogP contribution in [0, 0.1) is 0 Å². The first-order valence-electron chi connectivity index (χ1n) is 9.00. The maximum absolute atomic E-state index is 13.1. The average Bonchev–Trinajstić information content (AvgIpc) is 3.47. The summed E-state index contributed by atoms with van der Waals surface area (Å²) in [6.45, 7) is 0.231. The smallest absolute Gasteiger partial charge is 0.257 e. The number of benzene rings is 1. The van der Waals surface area contributed by atoms with Gasteiger partial charge in [0.25, 0.3) is 5.89 Å². The van der Waals surface area contributed by atoms with Crippen molar-refractivity contribution < 1.29 is 13.9 Å². The van der Waals surface area contributed by atoms with E-state index in [1.165, 1.54) is 11.3 Å². The molecular formula is C20H21N3O3S. The number of aromatic nitrogens is 2. The van der Waals surface area contributed by atoms with Crippen molar-refractivity contribution in [3.05, 3.63) is 53.2 Å². The van der Waals surface area contributed by atoms with Crippen LogP contribution in [-0.4, -0.2) is 23.2 Å². The van der Waals surface area contributed by atoms with Gasteiger partial charge >= 0.3 is 0 Å². The Kier molecular flexibility index (Phi) is 4.94.